The number of hydrogen-bond acceptors (Lipinski definition) is 5. The van der Waals surface area contributed by atoms with Gasteiger partial charge in [-0.1, -0.05) is 19.2 Å². The fourth-order valence-corrected chi connectivity index (χ4v) is 2.18. The zero-order valence-electron chi connectivity index (χ0n) is 13.5. The molecule has 122 valence electrons. The molecule has 0 spiro atoms. The Kier molecular flexibility index (Phi) is 5.98. The lowest BCUT2D eigenvalue weighted by atomic mass is 10.1. The third-order valence-electron chi connectivity index (χ3n) is 3.40. The number of aliphatic imine (C=N–C) groups is 1. The minimum atomic E-state index is 0.363. The normalized spacial score (nSPS) is 15.3. The van der Waals surface area contributed by atoms with Crippen molar-refractivity contribution in [1.82, 2.24) is 5.32 Å². The fraction of sp³-hybridized carbons (Fsp3) is 0.158. The van der Waals surface area contributed by atoms with Crippen molar-refractivity contribution in [2.45, 2.75) is 6.42 Å². The summed E-state index contributed by atoms with van der Waals surface area (Å²) in [5.74, 6) is 1.80. The zero-order valence-corrected chi connectivity index (χ0v) is 13.5. The third-order valence-corrected chi connectivity index (χ3v) is 3.40. The van der Waals surface area contributed by atoms with Crippen molar-refractivity contribution in [3.8, 4) is 11.8 Å². The number of benzene rings is 1. The van der Waals surface area contributed by atoms with Crippen molar-refractivity contribution >= 4 is 11.5 Å². The van der Waals surface area contributed by atoms with E-state index >= 15 is 0 Å². The molecule has 0 radical (unpaired) electrons. The summed E-state index contributed by atoms with van der Waals surface area (Å²) in [6, 6.07) is 9.32. The van der Waals surface area contributed by atoms with Crippen LogP contribution in [0.25, 0.3) is 5.70 Å². The summed E-state index contributed by atoms with van der Waals surface area (Å²) in [4.78, 5) is 4.33. The maximum Gasteiger partial charge on any atom is 0.141 e. The van der Waals surface area contributed by atoms with Gasteiger partial charge in [0.15, 0.2) is 0 Å². The predicted molar refractivity (Wildman–Crippen MR) is 97.2 cm³/mol. The lowest BCUT2D eigenvalue weighted by Crippen LogP contribution is -2.31. The lowest BCUT2D eigenvalue weighted by molar-refractivity contribution is 0.445. The molecule has 5 nitrogen and oxygen atoms in total. The molecular formula is C19H20N4O. The van der Waals surface area contributed by atoms with Crippen LogP contribution in [-0.2, 0) is 0 Å². The first kappa shape index (κ1) is 17.1. The first-order valence-electron chi connectivity index (χ1n) is 7.61. The summed E-state index contributed by atoms with van der Waals surface area (Å²) < 4.78 is 5.66. The SMILES string of the molecule is C=C/C=C(\C=C)Oc1ccc(/C(N)=C(\C#N)C2=NCCCN2)cc1. The highest BCUT2D eigenvalue weighted by Gasteiger charge is 2.14. The van der Waals surface area contributed by atoms with Crippen molar-refractivity contribution < 1.29 is 4.74 Å². The molecule has 1 aliphatic rings. The van der Waals surface area contributed by atoms with Crippen LogP contribution in [0.5, 0.6) is 5.75 Å². The average Bonchev–Trinajstić information content (AvgIpc) is 2.63. The number of nitriles is 1. The first-order valence-corrected chi connectivity index (χ1v) is 7.61. The van der Waals surface area contributed by atoms with E-state index in [-0.39, 0.29) is 0 Å². The molecule has 1 heterocycles. The first-order chi connectivity index (χ1) is 11.7. The molecule has 24 heavy (non-hydrogen) atoms. The van der Waals surface area contributed by atoms with E-state index in [1.54, 1.807) is 42.5 Å². The van der Waals surface area contributed by atoms with Crippen molar-refractivity contribution in [2.24, 2.45) is 10.7 Å². The molecule has 3 N–H and O–H groups in total. The molecule has 5 heteroatoms. The lowest BCUT2D eigenvalue weighted by Gasteiger charge is -2.15. The zero-order chi connectivity index (χ0) is 17.4. The molecule has 0 atom stereocenters. The van der Waals surface area contributed by atoms with Crippen LogP contribution in [-0.4, -0.2) is 18.9 Å². The Labute approximate surface area is 142 Å². The fourth-order valence-electron chi connectivity index (χ4n) is 2.18. The van der Waals surface area contributed by atoms with Gasteiger partial charge in [0.05, 0.1) is 5.70 Å². The Bertz CT molecular complexity index is 749. The van der Waals surface area contributed by atoms with Gasteiger partial charge in [-0.25, -0.2) is 0 Å². The molecule has 2 rings (SSSR count). The molecule has 0 saturated carbocycles. The second kappa shape index (κ2) is 8.39. The Balaban J connectivity index is 2.25. The van der Waals surface area contributed by atoms with Crippen LogP contribution in [0.4, 0.5) is 0 Å². The molecule has 1 aromatic carbocycles. The minimum absolute atomic E-state index is 0.363. The maximum absolute atomic E-state index is 9.41. The Hall–Kier alpha value is -3.26. The van der Waals surface area contributed by atoms with Crippen LogP contribution < -0.4 is 15.8 Å². The molecule has 0 aromatic heterocycles. The van der Waals surface area contributed by atoms with Gasteiger partial charge in [-0.3, -0.25) is 4.99 Å². The van der Waals surface area contributed by atoms with Gasteiger partial charge in [0.1, 0.15) is 29.0 Å². The van der Waals surface area contributed by atoms with Crippen LogP contribution in [0.2, 0.25) is 0 Å². The van der Waals surface area contributed by atoms with Crippen molar-refractivity contribution in [3.05, 3.63) is 72.5 Å². The molecular weight excluding hydrogens is 300 g/mol. The van der Waals surface area contributed by atoms with E-state index in [1.165, 1.54) is 0 Å². The maximum atomic E-state index is 9.41. The van der Waals surface area contributed by atoms with Crippen LogP contribution in [0, 0.1) is 11.3 Å². The minimum Gasteiger partial charge on any atom is -0.457 e. The van der Waals surface area contributed by atoms with Gasteiger partial charge in [-0.2, -0.15) is 5.26 Å². The van der Waals surface area contributed by atoms with Gasteiger partial charge in [-0.05, 0) is 48.4 Å². The number of amidine groups is 1. The van der Waals surface area contributed by atoms with E-state index in [0.29, 0.717) is 35.2 Å². The van der Waals surface area contributed by atoms with Crippen molar-refractivity contribution in [2.75, 3.05) is 13.1 Å². The van der Waals surface area contributed by atoms with Crippen LogP contribution in [0.15, 0.2) is 72.0 Å². The standard InChI is InChI=1S/C19H20N4O/c1-3-6-15(4-2)24-16-9-7-14(8-10-16)18(21)17(13-20)19-22-11-5-12-23-19/h3-4,6-10H,1-2,5,11-12,21H2,(H,22,23)/b15-6+,18-17-. The second-order valence-electron chi connectivity index (χ2n) is 5.05. The molecule has 0 bridgehead atoms. The Morgan fingerprint density at radius 1 is 1.33 bits per heavy atom. The van der Waals surface area contributed by atoms with E-state index in [2.05, 4.69) is 29.5 Å². The summed E-state index contributed by atoms with van der Waals surface area (Å²) in [6.45, 7) is 8.81. The van der Waals surface area contributed by atoms with Crippen LogP contribution >= 0.6 is 0 Å². The van der Waals surface area contributed by atoms with E-state index in [9.17, 15) is 5.26 Å². The number of nitrogens with zero attached hydrogens (tertiary/aromatic N) is 2. The van der Waals surface area contributed by atoms with E-state index in [1.807, 2.05) is 0 Å². The molecule has 1 aromatic rings. The number of rotatable bonds is 6. The predicted octanol–water partition coefficient (Wildman–Crippen LogP) is 2.91. The third kappa shape index (κ3) is 4.14. The van der Waals surface area contributed by atoms with Gasteiger partial charge in [0.25, 0.3) is 0 Å². The summed E-state index contributed by atoms with van der Waals surface area (Å²) in [5, 5.41) is 12.5. The summed E-state index contributed by atoms with van der Waals surface area (Å²) >= 11 is 0. The number of ether oxygens (including phenoxy) is 1. The molecule has 0 aliphatic carbocycles. The number of nitrogens with two attached hydrogens (primary N) is 1. The topological polar surface area (TPSA) is 83.4 Å². The van der Waals surface area contributed by atoms with Crippen LogP contribution in [0.1, 0.15) is 12.0 Å². The number of hydrogen-bond donors (Lipinski definition) is 2. The van der Waals surface area contributed by atoms with Gasteiger partial charge < -0.3 is 15.8 Å². The quantitative estimate of drug-likeness (QED) is 0.479. The Morgan fingerprint density at radius 2 is 2.08 bits per heavy atom. The smallest absolute Gasteiger partial charge is 0.141 e. The second-order valence-corrected chi connectivity index (χ2v) is 5.05. The summed E-state index contributed by atoms with van der Waals surface area (Å²) in [6.07, 6.45) is 5.90. The highest BCUT2D eigenvalue weighted by Crippen LogP contribution is 2.20. The highest BCUT2D eigenvalue weighted by atomic mass is 16.5. The van der Waals surface area contributed by atoms with Crippen LogP contribution in [0.3, 0.4) is 0 Å². The summed E-state index contributed by atoms with van der Waals surface area (Å²) in [7, 11) is 0. The van der Waals surface area contributed by atoms with E-state index in [0.717, 1.165) is 18.5 Å². The summed E-state index contributed by atoms with van der Waals surface area (Å²) in [5.41, 5.74) is 7.65. The van der Waals surface area contributed by atoms with Gasteiger partial charge in [0.2, 0.25) is 0 Å². The van der Waals surface area contributed by atoms with Crippen molar-refractivity contribution in [1.29, 1.82) is 5.26 Å². The largest absolute Gasteiger partial charge is 0.457 e. The average molecular weight is 320 g/mol. The monoisotopic (exact) mass is 320 g/mol. The Morgan fingerprint density at radius 3 is 2.62 bits per heavy atom. The number of nitrogens with one attached hydrogen (secondary N) is 1. The molecule has 0 fully saturated rings. The van der Waals surface area contributed by atoms with E-state index < -0.39 is 0 Å². The molecule has 0 saturated heterocycles. The van der Waals surface area contributed by atoms with Gasteiger partial charge >= 0.3 is 0 Å². The highest BCUT2D eigenvalue weighted by molar-refractivity contribution is 6.08. The number of allylic oxidation sites excluding steroid dienone is 3. The molecule has 0 unspecified atom stereocenters. The molecule has 1 aliphatic heterocycles. The van der Waals surface area contributed by atoms with Gasteiger partial charge in [-0.15, -0.1) is 0 Å². The molecule has 0 amide bonds. The van der Waals surface area contributed by atoms with Crippen molar-refractivity contribution in [3.63, 3.8) is 0 Å². The van der Waals surface area contributed by atoms with Gasteiger partial charge in [0, 0.05) is 13.1 Å². The van der Waals surface area contributed by atoms with E-state index in [4.69, 9.17) is 10.5 Å².